The van der Waals surface area contributed by atoms with E-state index in [1.54, 1.807) is 0 Å². The van der Waals surface area contributed by atoms with E-state index in [1.807, 2.05) is 0 Å². The first-order valence-electron chi connectivity index (χ1n) is 7.56. The molecule has 3 aliphatic rings. The van der Waals surface area contributed by atoms with Crippen molar-refractivity contribution < 1.29 is 20.4 Å². The summed E-state index contributed by atoms with van der Waals surface area (Å²) in [6.45, 7) is 8.58. The standard InChI is InChI=1S/C5H12O4.3C3H7N/c6-1-5(2-7,3-8)4-9;3*1-3-2-4-3/h6-9H,1-4H2;3*3-4H,2H2,1H3. The molecule has 3 atom stereocenters. The first-order chi connectivity index (χ1) is 9.92. The van der Waals surface area contributed by atoms with Crippen molar-refractivity contribution in [1.29, 1.82) is 0 Å². The summed E-state index contributed by atoms with van der Waals surface area (Å²) in [5.41, 5.74) is -1.11. The maximum absolute atomic E-state index is 8.50. The maximum Gasteiger partial charge on any atom is 0.0627 e. The van der Waals surface area contributed by atoms with Crippen LogP contribution in [-0.4, -0.2) is 84.6 Å². The molecule has 0 aromatic heterocycles. The van der Waals surface area contributed by atoms with E-state index in [9.17, 15) is 0 Å². The number of hydrogen-bond donors (Lipinski definition) is 7. The molecule has 0 aromatic rings. The summed E-state index contributed by atoms with van der Waals surface area (Å²) in [4.78, 5) is 0. The Labute approximate surface area is 127 Å². The third-order valence-corrected chi connectivity index (χ3v) is 3.18. The summed E-state index contributed by atoms with van der Waals surface area (Å²) in [6, 6.07) is 2.50. The molecule has 3 fully saturated rings. The highest BCUT2D eigenvalue weighted by Crippen LogP contribution is 2.11. The Kier molecular flexibility index (Phi) is 11.2. The number of rotatable bonds is 4. The van der Waals surface area contributed by atoms with Gasteiger partial charge in [0.05, 0.1) is 31.8 Å². The van der Waals surface area contributed by atoms with Crippen LogP contribution in [0.5, 0.6) is 0 Å². The fourth-order valence-electron chi connectivity index (χ4n) is 0.654. The highest BCUT2D eigenvalue weighted by Gasteiger charge is 2.26. The monoisotopic (exact) mass is 307 g/mol. The van der Waals surface area contributed by atoms with E-state index in [1.165, 1.54) is 19.6 Å². The molecular weight excluding hydrogens is 274 g/mol. The Morgan fingerprint density at radius 1 is 0.667 bits per heavy atom. The number of hydrogen-bond acceptors (Lipinski definition) is 7. The first kappa shape index (κ1) is 20.7. The van der Waals surface area contributed by atoms with Crippen molar-refractivity contribution >= 4 is 0 Å². The summed E-state index contributed by atoms with van der Waals surface area (Å²) in [6.07, 6.45) is 0. The average Bonchev–Trinajstić information content (AvgIpc) is 3.32. The quantitative estimate of drug-likeness (QED) is 0.294. The van der Waals surface area contributed by atoms with Gasteiger partial charge < -0.3 is 36.4 Å². The molecule has 3 saturated heterocycles. The zero-order chi connectivity index (χ0) is 16.3. The summed E-state index contributed by atoms with van der Waals surface area (Å²) in [5.74, 6) is 0. The van der Waals surface area contributed by atoms with Crippen molar-refractivity contribution in [2.24, 2.45) is 5.41 Å². The zero-order valence-corrected chi connectivity index (χ0v) is 13.5. The molecule has 3 aliphatic heterocycles. The normalized spacial score (nSPS) is 27.9. The number of aliphatic hydroxyl groups is 4. The Balaban J connectivity index is 0.000000275. The molecule has 3 unspecified atom stereocenters. The minimum absolute atomic E-state index is 0.406. The van der Waals surface area contributed by atoms with E-state index >= 15 is 0 Å². The van der Waals surface area contributed by atoms with Gasteiger partial charge in [0.15, 0.2) is 0 Å². The van der Waals surface area contributed by atoms with Crippen LogP contribution >= 0.6 is 0 Å². The van der Waals surface area contributed by atoms with E-state index < -0.39 is 31.8 Å². The predicted molar refractivity (Wildman–Crippen MR) is 83.2 cm³/mol. The van der Waals surface area contributed by atoms with Crippen molar-refractivity contribution in [3.63, 3.8) is 0 Å². The molecule has 7 nitrogen and oxygen atoms in total. The van der Waals surface area contributed by atoms with Gasteiger partial charge in [0, 0.05) is 37.8 Å². The van der Waals surface area contributed by atoms with Gasteiger partial charge in [-0.1, -0.05) is 0 Å². The van der Waals surface area contributed by atoms with Crippen LogP contribution < -0.4 is 16.0 Å². The lowest BCUT2D eigenvalue weighted by Gasteiger charge is -2.23. The van der Waals surface area contributed by atoms with E-state index in [4.69, 9.17) is 20.4 Å². The van der Waals surface area contributed by atoms with E-state index in [-0.39, 0.29) is 0 Å². The van der Waals surface area contributed by atoms with E-state index in [0.717, 1.165) is 18.1 Å². The molecular formula is C14H33N3O4. The van der Waals surface area contributed by atoms with Gasteiger partial charge in [-0.3, -0.25) is 0 Å². The molecule has 3 heterocycles. The zero-order valence-electron chi connectivity index (χ0n) is 13.5. The fraction of sp³-hybridized carbons (Fsp3) is 1.00. The highest BCUT2D eigenvalue weighted by atomic mass is 16.3. The van der Waals surface area contributed by atoms with Gasteiger partial charge in [-0.2, -0.15) is 0 Å². The Morgan fingerprint density at radius 3 is 0.810 bits per heavy atom. The molecule has 0 saturated carbocycles. The third-order valence-electron chi connectivity index (χ3n) is 3.18. The predicted octanol–water partition coefficient (Wildman–Crippen LogP) is -2.12. The van der Waals surface area contributed by atoms with Gasteiger partial charge in [-0.05, 0) is 20.8 Å². The van der Waals surface area contributed by atoms with E-state index in [0.29, 0.717) is 0 Å². The van der Waals surface area contributed by atoms with E-state index in [2.05, 4.69) is 36.7 Å². The maximum atomic E-state index is 8.50. The molecule has 3 rings (SSSR count). The number of nitrogens with one attached hydrogen (secondary N) is 3. The molecule has 0 aromatic carbocycles. The lowest BCUT2D eigenvalue weighted by atomic mass is 9.93. The van der Waals surface area contributed by atoms with Crippen LogP contribution in [0.2, 0.25) is 0 Å². The largest absolute Gasteiger partial charge is 0.396 e. The molecule has 0 amide bonds. The van der Waals surface area contributed by atoms with Crippen molar-refractivity contribution in [2.75, 3.05) is 46.1 Å². The van der Waals surface area contributed by atoms with Gasteiger partial charge in [-0.15, -0.1) is 0 Å². The Hall–Kier alpha value is -0.280. The second kappa shape index (κ2) is 11.3. The molecule has 0 bridgehead atoms. The minimum Gasteiger partial charge on any atom is -0.396 e. The lowest BCUT2D eigenvalue weighted by molar-refractivity contribution is -0.0328. The Bertz CT molecular complexity index is 199. The number of aliphatic hydroxyl groups excluding tert-OH is 4. The van der Waals surface area contributed by atoms with Crippen LogP contribution in [0.3, 0.4) is 0 Å². The van der Waals surface area contributed by atoms with Gasteiger partial charge in [0.2, 0.25) is 0 Å². The molecule has 7 N–H and O–H groups in total. The third kappa shape index (κ3) is 14.4. The van der Waals surface area contributed by atoms with Gasteiger partial charge in [0.25, 0.3) is 0 Å². The second-order valence-electron chi connectivity index (χ2n) is 6.06. The van der Waals surface area contributed by atoms with Crippen LogP contribution in [0.25, 0.3) is 0 Å². The summed E-state index contributed by atoms with van der Waals surface area (Å²) in [5, 5.41) is 43.3. The molecule has 21 heavy (non-hydrogen) atoms. The van der Waals surface area contributed by atoms with Crippen molar-refractivity contribution in [1.82, 2.24) is 16.0 Å². The van der Waals surface area contributed by atoms with Crippen molar-refractivity contribution in [3.8, 4) is 0 Å². The van der Waals surface area contributed by atoms with Crippen LogP contribution in [0.15, 0.2) is 0 Å². The second-order valence-corrected chi connectivity index (χ2v) is 6.06. The molecule has 0 aliphatic carbocycles. The van der Waals surface area contributed by atoms with Crippen molar-refractivity contribution in [2.45, 2.75) is 38.9 Å². The molecule has 0 spiro atoms. The molecule has 0 radical (unpaired) electrons. The topological polar surface area (TPSA) is 147 Å². The van der Waals surface area contributed by atoms with Crippen molar-refractivity contribution in [3.05, 3.63) is 0 Å². The summed E-state index contributed by atoms with van der Waals surface area (Å²) < 4.78 is 0. The summed E-state index contributed by atoms with van der Waals surface area (Å²) in [7, 11) is 0. The highest BCUT2D eigenvalue weighted by molar-refractivity contribution is 4.77. The van der Waals surface area contributed by atoms with Gasteiger partial charge in [0.1, 0.15) is 0 Å². The Morgan fingerprint density at radius 2 is 0.810 bits per heavy atom. The lowest BCUT2D eigenvalue weighted by Crippen LogP contribution is -2.37. The average molecular weight is 307 g/mol. The van der Waals surface area contributed by atoms with Crippen LogP contribution in [-0.2, 0) is 0 Å². The fourth-order valence-corrected chi connectivity index (χ4v) is 0.654. The molecule has 7 heteroatoms. The molecule has 128 valence electrons. The van der Waals surface area contributed by atoms with Crippen LogP contribution in [0.4, 0.5) is 0 Å². The van der Waals surface area contributed by atoms with Gasteiger partial charge >= 0.3 is 0 Å². The smallest absolute Gasteiger partial charge is 0.0627 e. The summed E-state index contributed by atoms with van der Waals surface area (Å²) >= 11 is 0. The van der Waals surface area contributed by atoms with Crippen LogP contribution in [0.1, 0.15) is 20.8 Å². The van der Waals surface area contributed by atoms with Crippen LogP contribution in [0, 0.1) is 5.41 Å². The minimum atomic E-state index is -1.11. The van der Waals surface area contributed by atoms with Gasteiger partial charge in [-0.25, -0.2) is 0 Å². The first-order valence-corrected chi connectivity index (χ1v) is 7.56. The SMILES string of the molecule is CC1CN1.CC1CN1.CC1CN1.OCC(CO)(CO)CO.